The first-order valence-electron chi connectivity index (χ1n) is 4.81. The number of rotatable bonds is 0. The molecule has 0 radical (unpaired) electrons. The summed E-state index contributed by atoms with van der Waals surface area (Å²) in [4.78, 5) is 2.41. The molecule has 1 N–H and O–H groups in total. The zero-order valence-electron chi connectivity index (χ0n) is 8.03. The number of benzene rings is 1. The van der Waals surface area contributed by atoms with Crippen LogP contribution >= 0.6 is 11.8 Å². The lowest BCUT2D eigenvalue weighted by Crippen LogP contribution is -2.06. The maximum atomic E-state index is 3.41. The zero-order chi connectivity index (χ0) is 10.1. The predicted octanol–water partition coefficient (Wildman–Crippen LogP) is 3.70. The standard InChI is InChI=1S/C13H9NS/c1-2-6-10-12(8-3-1)15-13-9-5-4-7-11(13)14-10/h1-7,9,14H. The van der Waals surface area contributed by atoms with Gasteiger partial charge in [0, 0.05) is 4.90 Å². The van der Waals surface area contributed by atoms with E-state index in [-0.39, 0.29) is 0 Å². The molecule has 0 aromatic heterocycles. The molecule has 0 saturated heterocycles. The predicted molar refractivity (Wildman–Crippen MR) is 64.7 cm³/mol. The second-order valence-electron chi connectivity index (χ2n) is 3.33. The van der Waals surface area contributed by atoms with Gasteiger partial charge in [0.15, 0.2) is 0 Å². The number of thioether (sulfide) groups is 1. The van der Waals surface area contributed by atoms with Gasteiger partial charge >= 0.3 is 0 Å². The van der Waals surface area contributed by atoms with E-state index in [4.69, 9.17) is 0 Å². The normalized spacial score (nSPS) is 16.8. The van der Waals surface area contributed by atoms with Gasteiger partial charge < -0.3 is 5.32 Å². The molecule has 0 bridgehead atoms. The summed E-state index contributed by atoms with van der Waals surface area (Å²) < 4.78 is 0. The van der Waals surface area contributed by atoms with Crippen molar-refractivity contribution in [1.82, 2.24) is 0 Å². The maximum absolute atomic E-state index is 3.41. The minimum Gasteiger partial charge on any atom is -0.353 e. The quantitative estimate of drug-likeness (QED) is 0.657. The van der Waals surface area contributed by atoms with Gasteiger partial charge in [-0.05, 0) is 24.3 Å². The van der Waals surface area contributed by atoms with Gasteiger partial charge in [-0.3, -0.25) is 0 Å². The highest BCUT2D eigenvalue weighted by molar-refractivity contribution is 8.03. The molecule has 3 rings (SSSR count). The summed E-state index contributed by atoms with van der Waals surface area (Å²) in [6.45, 7) is 0. The second kappa shape index (κ2) is 3.50. The SMILES string of the molecule is C1=CC=CC=C2Nc3ccccc3SC=12. The van der Waals surface area contributed by atoms with Crippen LogP contribution in [0.1, 0.15) is 0 Å². The van der Waals surface area contributed by atoms with Crippen molar-refractivity contribution in [3.05, 3.63) is 64.9 Å². The highest BCUT2D eigenvalue weighted by Gasteiger charge is 2.16. The van der Waals surface area contributed by atoms with E-state index in [1.165, 1.54) is 10.6 Å². The van der Waals surface area contributed by atoms with E-state index in [2.05, 4.69) is 35.3 Å². The monoisotopic (exact) mass is 211 g/mol. The summed E-state index contributed by atoms with van der Waals surface area (Å²) in [5.41, 5.74) is 5.57. The minimum absolute atomic E-state index is 1.13. The Morgan fingerprint density at radius 1 is 1.13 bits per heavy atom. The summed E-state index contributed by atoms with van der Waals surface area (Å²) in [5.74, 6) is 0. The summed E-state index contributed by atoms with van der Waals surface area (Å²) in [6.07, 6.45) is 8.04. The number of anilines is 1. The van der Waals surface area contributed by atoms with Crippen molar-refractivity contribution < 1.29 is 0 Å². The molecule has 0 fully saturated rings. The van der Waals surface area contributed by atoms with E-state index in [0.717, 1.165) is 10.6 Å². The number of fused-ring (bicyclic) bond motifs is 2. The van der Waals surface area contributed by atoms with Gasteiger partial charge in [-0.25, -0.2) is 0 Å². The molecule has 2 heteroatoms. The van der Waals surface area contributed by atoms with E-state index in [1.54, 1.807) is 11.8 Å². The minimum atomic E-state index is 1.13. The fourth-order valence-corrected chi connectivity index (χ4v) is 2.53. The van der Waals surface area contributed by atoms with Crippen molar-refractivity contribution in [1.29, 1.82) is 0 Å². The van der Waals surface area contributed by atoms with Crippen LogP contribution in [0.25, 0.3) is 0 Å². The Kier molecular flexibility index (Phi) is 2.02. The van der Waals surface area contributed by atoms with E-state index in [1.807, 2.05) is 24.3 Å². The van der Waals surface area contributed by atoms with Gasteiger partial charge in [0.2, 0.25) is 0 Å². The third-order valence-corrected chi connectivity index (χ3v) is 3.42. The van der Waals surface area contributed by atoms with Crippen LogP contribution in [0.15, 0.2) is 69.8 Å². The fraction of sp³-hybridized carbons (Fsp3) is 0. The Morgan fingerprint density at radius 3 is 3.07 bits per heavy atom. The number of para-hydroxylation sites is 1. The molecule has 2 aliphatic rings. The summed E-state index contributed by atoms with van der Waals surface area (Å²) >= 11 is 1.76. The van der Waals surface area contributed by atoms with E-state index < -0.39 is 0 Å². The molecule has 1 nitrogen and oxygen atoms in total. The van der Waals surface area contributed by atoms with Crippen LogP contribution in [0.2, 0.25) is 0 Å². The molecule has 0 atom stereocenters. The van der Waals surface area contributed by atoms with Crippen LogP contribution in [0.5, 0.6) is 0 Å². The van der Waals surface area contributed by atoms with Crippen LogP contribution in [-0.4, -0.2) is 0 Å². The number of hydrogen-bond acceptors (Lipinski definition) is 2. The second-order valence-corrected chi connectivity index (χ2v) is 4.38. The summed E-state index contributed by atoms with van der Waals surface area (Å²) in [6, 6.07) is 8.32. The lowest BCUT2D eigenvalue weighted by atomic mass is 10.3. The van der Waals surface area contributed by atoms with E-state index >= 15 is 0 Å². The highest BCUT2D eigenvalue weighted by Crippen LogP contribution is 2.41. The van der Waals surface area contributed by atoms with Gasteiger partial charge in [-0.2, -0.15) is 0 Å². The molecule has 1 aromatic rings. The molecular formula is C13H9NS. The first-order chi connectivity index (χ1) is 7.43. The van der Waals surface area contributed by atoms with Crippen LogP contribution in [0.4, 0.5) is 5.69 Å². The summed E-state index contributed by atoms with van der Waals surface area (Å²) in [7, 11) is 0. The molecule has 1 aliphatic heterocycles. The molecule has 1 heterocycles. The van der Waals surface area contributed by atoms with E-state index in [9.17, 15) is 0 Å². The molecule has 1 aliphatic carbocycles. The Hall–Kier alpha value is -1.63. The van der Waals surface area contributed by atoms with Gasteiger partial charge in [-0.15, -0.1) is 5.73 Å². The van der Waals surface area contributed by atoms with Crippen LogP contribution in [0.3, 0.4) is 0 Å². The van der Waals surface area contributed by atoms with Crippen LogP contribution < -0.4 is 5.32 Å². The lowest BCUT2D eigenvalue weighted by Gasteiger charge is -2.20. The molecule has 1 aromatic carbocycles. The Labute approximate surface area is 92.9 Å². The first-order valence-corrected chi connectivity index (χ1v) is 5.63. The Morgan fingerprint density at radius 2 is 2.07 bits per heavy atom. The van der Waals surface area contributed by atoms with Gasteiger partial charge in [0.1, 0.15) is 0 Å². The maximum Gasteiger partial charge on any atom is 0.0777 e. The smallest absolute Gasteiger partial charge is 0.0777 e. The topological polar surface area (TPSA) is 12.0 Å². The van der Waals surface area contributed by atoms with Gasteiger partial charge in [0.25, 0.3) is 0 Å². The average Bonchev–Trinajstić information content (AvgIpc) is 2.50. The zero-order valence-corrected chi connectivity index (χ0v) is 8.84. The molecule has 0 unspecified atom stereocenters. The van der Waals surface area contributed by atoms with Crippen molar-refractivity contribution in [3.8, 4) is 0 Å². The fourth-order valence-electron chi connectivity index (χ4n) is 1.58. The molecule has 15 heavy (non-hydrogen) atoms. The highest BCUT2D eigenvalue weighted by atomic mass is 32.2. The summed E-state index contributed by atoms with van der Waals surface area (Å²) in [5, 5.41) is 3.41. The molecule has 72 valence electrons. The lowest BCUT2D eigenvalue weighted by molar-refractivity contribution is 1.34. The third kappa shape index (κ3) is 1.54. The van der Waals surface area contributed by atoms with Crippen molar-refractivity contribution in [2.45, 2.75) is 4.90 Å². The largest absolute Gasteiger partial charge is 0.353 e. The third-order valence-electron chi connectivity index (χ3n) is 2.30. The van der Waals surface area contributed by atoms with Crippen molar-refractivity contribution in [3.63, 3.8) is 0 Å². The molecule has 0 spiro atoms. The Bertz CT molecular complexity index is 531. The number of allylic oxidation sites excluding steroid dienone is 3. The van der Waals surface area contributed by atoms with Crippen molar-refractivity contribution >= 4 is 17.4 Å². The van der Waals surface area contributed by atoms with Crippen molar-refractivity contribution in [2.75, 3.05) is 5.32 Å². The number of nitrogens with one attached hydrogen (secondary N) is 1. The van der Waals surface area contributed by atoms with Gasteiger partial charge in [0.05, 0.1) is 16.3 Å². The van der Waals surface area contributed by atoms with Gasteiger partial charge in [-0.1, -0.05) is 36.0 Å². The van der Waals surface area contributed by atoms with Crippen LogP contribution in [-0.2, 0) is 0 Å². The van der Waals surface area contributed by atoms with E-state index in [0.29, 0.717) is 0 Å². The Balaban J connectivity index is 2.14. The molecular weight excluding hydrogens is 202 g/mol. The number of hydrogen-bond donors (Lipinski definition) is 1. The molecule has 0 amide bonds. The molecule has 0 saturated carbocycles. The van der Waals surface area contributed by atoms with Crippen molar-refractivity contribution in [2.24, 2.45) is 0 Å². The average molecular weight is 211 g/mol. The van der Waals surface area contributed by atoms with Crippen LogP contribution in [0, 0.1) is 0 Å². The first kappa shape index (κ1) is 8.66.